The van der Waals surface area contributed by atoms with E-state index in [1.54, 1.807) is 5.38 Å². The first-order valence-corrected chi connectivity index (χ1v) is 9.72. The van der Waals surface area contributed by atoms with Gasteiger partial charge in [0.2, 0.25) is 5.13 Å². The Balaban J connectivity index is 1.72. The fourth-order valence-corrected chi connectivity index (χ4v) is 3.98. The lowest BCUT2D eigenvalue weighted by atomic mass is 9.96. The predicted octanol–water partition coefficient (Wildman–Crippen LogP) is 4.02. The molecule has 1 saturated heterocycles. The van der Waals surface area contributed by atoms with Gasteiger partial charge in [0.15, 0.2) is 0 Å². The summed E-state index contributed by atoms with van der Waals surface area (Å²) in [5, 5.41) is 6.84. The Kier molecular flexibility index (Phi) is 5.71. The maximum Gasteiger partial charge on any atom is 0.205 e. The highest BCUT2D eigenvalue weighted by atomic mass is 32.1. The van der Waals surface area contributed by atoms with Gasteiger partial charge in [-0.1, -0.05) is 24.6 Å². The molecule has 6 heteroatoms. The maximum atomic E-state index is 5.63. The van der Waals surface area contributed by atoms with Gasteiger partial charge in [-0.25, -0.2) is 4.98 Å². The Morgan fingerprint density at radius 3 is 3.00 bits per heavy atom. The van der Waals surface area contributed by atoms with E-state index in [0.717, 1.165) is 18.0 Å². The highest BCUT2D eigenvalue weighted by Gasteiger charge is 2.17. The van der Waals surface area contributed by atoms with Crippen molar-refractivity contribution in [2.45, 2.75) is 40.2 Å². The minimum absolute atomic E-state index is 0.521. The summed E-state index contributed by atoms with van der Waals surface area (Å²) in [4.78, 5) is 6.73. The van der Waals surface area contributed by atoms with E-state index in [4.69, 9.17) is 5.73 Å². The lowest BCUT2D eigenvalue weighted by molar-refractivity contribution is 0.176. The fraction of sp³-hybridized carbons (Fsp3) is 0.474. The Bertz CT molecular complexity index is 752. The summed E-state index contributed by atoms with van der Waals surface area (Å²) in [5.74, 6) is 1.32. The van der Waals surface area contributed by atoms with Gasteiger partial charge in [0.05, 0.1) is 6.21 Å². The van der Waals surface area contributed by atoms with E-state index in [0.29, 0.717) is 10.9 Å². The molecule has 1 aromatic carbocycles. The van der Waals surface area contributed by atoms with Crippen LogP contribution in [0.25, 0.3) is 0 Å². The molecule has 2 aromatic rings. The summed E-state index contributed by atoms with van der Waals surface area (Å²) < 4.78 is 0. The molecule has 0 radical (unpaired) electrons. The highest BCUT2D eigenvalue weighted by Crippen LogP contribution is 2.22. The summed E-state index contributed by atoms with van der Waals surface area (Å²) in [6.07, 6.45) is 4.54. The van der Waals surface area contributed by atoms with Gasteiger partial charge in [-0.2, -0.15) is 5.10 Å². The van der Waals surface area contributed by atoms with Crippen molar-refractivity contribution in [3.63, 3.8) is 0 Å². The average Bonchev–Trinajstić information content (AvgIpc) is 2.97. The molecule has 1 fully saturated rings. The SMILES string of the molecule is Cc1cc(C=NNc2nc(N)cs2)c(C)c(CN2CCCC(C)C2)c1. The van der Waals surface area contributed by atoms with Crippen LogP contribution in [0.5, 0.6) is 0 Å². The second-order valence-electron chi connectivity index (χ2n) is 7.07. The molecule has 5 nitrogen and oxygen atoms in total. The van der Waals surface area contributed by atoms with Crippen LogP contribution in [0.1, 0.15) is 42.0 Å². The van der Waals surface area contributed by atoms with Crippen molar-refractivity contribution < 1.29 is 0 Å². The van der Waals surface area contributed by atoms with Gasteiger partial charge in [0.1, 0.15) is 5.82 Å². The molecule has 2 heterocycles. The van der Waals surface area contributed by atoms with E-state index < -0.39 is 0 Å². The Hall–Kier alpha value is -1.92. The number of nitrogens with one attached hydrogen (secondary N) is 1. The largest absolute Gasteiger partial charge is 0.383 e. The molecule has 0 aliphatic carbocycles. The molecule has 1 aliphatic rings. The van der Waals surface area contributed by atoms with Crippen LogP contribution in [0.15, 0.2) is 22.6 Å². The molecule has 25 heavy (non-hydrogen) atoms. The van der Waals surface area contributed by atoms with Gasteiger partial charge in [-0.3, -0.25) is 10.3 Å². The molecule has 1 unspecified atom stereocenters. The number of nitrogens with two attached hydrogens (primary N) is 1. The van der Waals surface area contributed by atoms with Gasteiger partial charge >= 0.3 is 0 Å². The third-order valence-corrected chi connectivity index (χ3v) is 5.49. The smallest absolute Gasteiger partial charge is 0.205 e. The number of likely N-dealkylation sites (tertiary alicyclic amines) is 1. The van der Waals surface area contributed by atoms with Crippen molar-refractivity contribution in [1.29, 1.82) is 0 Å². The van der Waals surface area contributed by atoms with Crippen LogP contribution in [-0.2, 0) is 6.54 Å². The molecular formula is C19H27N5S. The second kappa shape index (κ2) is 7.97. The van der Waals surface area contributed by atoms with Gasteiger partial charge in [-0.15, -0.1) is 11.3 Å². The van der Waals surface area contributed by atoms with Crippen molar-refractivity contribution in [3.05, 3.63) is 39.8 Å². The van der Waals surface area contributed by atoms with Crippen molar-refractivity contribution in [2.24, 2.45) is 11.0 Å². The normalized spacial score (nSPS) is 18.8. The van der Waals surface area contributed by atoms with Crippen molar-refractivity contribution in [1.82, 2.24) is 9.88 Å². The highest BCUT2D eigenvalue weighted by molar-refractivity contribution is 7.14. The zero-order valence-corrected chi connectivity index (χ0v) is 16.1. The average molecular weight is 358 g/mol. The molecule has 1 atom stereocenters. The molecule has 0 amide bonds. The van der Waals surface area contributed by atoms with Crippen LogP contribution in [0, 0.1) is 19.8 Å². The van der Waals surface area contributed by atoms with E-state index in [-0.39, 0.29) is 0 Å². The Labute approximate surface area is 154 Å². The van der Waals surface area contributed by atoms with Crippen LogP contribution in [0.4, 0.5) is 10.9 Å². The van der Waals surface area contributed by atoms with Crippen LogP contribution in [0.2, 0.25) is 0 Å². The minimum Gasteiger partial charge on any atom is -0.383 e. The number of aryl methyl sites for hydroxylation is 1. The third-order valence-electron chi connectivity index (χ3n) is 4.72. The number of rotatable bonds is 5. The van der Waals surface area contributed by atoms with E-state index in [1.807, 2.05) is 6.21 Å². The number of nitrogens with zero attached hydrogens (tertiary/aromatic N) is 3. The van der Waals surface area contributed by atoms with Gasteiger partial charge in [0.25, 0.3) is 0 Å². The van der Waals surface area contributed by atoms with Gasteiger partial charge in [0, 0.05) is 18.5 Å². The van der Waals surface area contributed by atoms with Crippen molar-refractivity contribution in [2.75, 3.05) is 24.2 Å². The first-order chi connectivity index (χ1) is 12.0. The van der Waals surface area contributed by atoms with E-state index >= 15 is 0 Å². The standard InChI is InChI=1S/C19H27N5S/c1-13-5-4-6-24(10-13)11-17-8-14(2)7-16(15(17)3)9-21-23-19-22-18(20)12-25-19/h7-9,12-13H,4-6,10-11,20H2,1-3H3,(H,22,23). The monoisotopic (exact) mass is 357 g/mol. The van der Waals surface area contributed by atoms with Crippen LogP contribution in [0.3, 0.4) is 0 Å². The van der Waals surface area contributed by atoms with Crippen LogP contribution >= 0.6 is 11.3 Å². The molecular weight excluding hydrogens is 330 g/mol. The summed E-state index contributed by atoms with van der Waals surface area (Å²) in [6, 6.07) is 4.49. The molecule has 0 saturated carbocycles. The molecule has 1 aliphatic heterocycles. The van der Waals surface area contributed by atoms with E-state index in [1.165, 1.54) is 54.0 Å². The summed E-state index contributed by atoms with van der Waals surface area (Å²) in [5.41, 5.74) is 13.7. The minimum atomic E-state index is 0.521. The number of thiazole rings is 1. The van der Waals surface area contributed by atoms with Gasteiger partial charge in [-0.05, 0) is 55.8 Å². The number of hydrogen-bond acceptors (Lipinski definition) is 6. The molecule has 0 bridgehead atoms. The Morgan fingerprint density at radius 2 is 2.28 bits per heavy atom. The molecule has 3 N–H and O–H groups in total. The lowest BCUT2D eigenvalue weighted by Gasteiger charge is -2.31. The first-order valence-electron chi connectivity index (χ1n) is 8.84. The molecule has 0 spiro atoms. The first kappa shape index (κ1) is 17.9. The third kappa shape index (κ3) is 4.80. The number of hydrazone groups is 1. The zero-order valence-electron chi connectivity index (χ0n) is 15.2. The molecule has 134 valence electrons. The topological polar surface area (TPSA) is 66.5 Å². The summed E-state index contributed by atoms with van der Waals surface area (Å²) in [7, 11) is 0. The van der Waals surface area contributed by atoms with Crippen molar-refractivity contribution >= 4 is 28.5 Å². The zero-order chi connectivity index (χ0) is 17.8. The second-order valence-corrected chi connectivity index (χ2v) is 7.93. The summed E-state index contributed by atoms with van der Waals surface area (Å²) >= 11 is 1.45. The predicted molar refractivity (Wildman–Crippen MR) is 107 cm³/mol. The van der Waals surface area contributed by atoms with Gasteiger partial charge < -0.3 is 5.73 Å². The summed E-state index contributed by atoms with van der Waals surface area (Å²) in [6.45, 7) is 10.1. The quantitative estimate of drug-likeness (QED) is 0.626. The molecule has 1 aromatic heterocycles. The fourth-order valence-electron chi connectivity index (χ4n) is 3.43. The lowest BCUT2D eigenvalue weighted by Crippen LogP contribution is -2.34. The van der Waals surface area contributed by atoms with Crippen LogP contribution in [-0.4, -0.2) is 29.2 Å². The Morgan fingerprint density at radius 1 is 1.44 bits per heavy atom. The van der Waals surface area contributed by atoms with E-state index in [9.17, 15) is 0 Å². The van der Waals surface area contributed by atoms with Crippen molar-refractivity contribution in [3.8, 4) is 0 Å². The van der Waals surface area contributed by atoms with E-state index in [2.05, 4.69) is 53.3 Å². The number of aromatic nitrogens is 1. The number of anilines is 2. The maximum absolute atomic E-state index is 5.63. The number of piperidine rings is 1. The number of nitrogen functional groups attached to an aromatic ring is 1. The number of hydrogen-bond donors (Lipinski definition) is 2. The number of benzene rings is 1. The van der Waals surface area contributed by atoms with Crippen LogP contribution < -0.4 is 11.2 Å². The molecule has 3 rings (SSSR count).